The molecule has 0 bridgehead atoms. The molecule has 0 spiro atoms. The standard InChI is InChI=1S/C12H14N2O/c13-6-1-3-11-9-10(5-7-14-11)12-4-2-8-15-12/h2,4-5,7-9H,1,3,6,13H2. The quantitative estimate of drug-likeness (QED) is 0.827. The highest BCUT2D eigenvalue weighted by molar-refractivity contribution is 5.56. The second-order valence-corrected chi connectivity index (χ2v) is 3.41. The third kappa shape index (κ3) is 2.44. The SMILES string of the molecule is NCCCc1cc(-c2ccco2)ccn1. The molecule has 2 aromatic rings. The molecule has 15 heavy (non-hydrogen) atoms. The van der Waals surface area contributed by atoms with Crippen molar-refractivity contribution in [3.05, 3.63) is 42.4 Å². The summed E-state index contributed by atoms with van der Waals surface area (Å²) in [6, 6.07) is 7.83. The van der Waals surface area contributed by atoms with Gasteiger partial charge in [0.2, 0.25) is 0 Å². The molecule has 0 radical (unpaired) electrons. The maximum absolute atomic E-state index is 5.46. The zero-order chi connectivity index (χ0) is 10.5. The highest BCUT2D eigenvalue weighted by Gasteiger charge is 2.01. The Morgan fingerprint density at radius 1 is 1.33 bits per heavy atom. The molecule has 0 atom stereocenters. The van der Waals surface area contributed by atoms with E-state index in [2.05, 4.69) is 11.1 Å². The van der Waals surface area contributed by atoms with Crippen LogP contribution in [-0.4, -0.2) is 11.5 Å². The smallest absolute Gasteiger partial charge is 0.133 e. The van der Waals surface area contributed by atoms with E-state index in [1.54, 1.807) is 6.26 Å². The van der Waals surface area contributed by atoms with Crippen molar-refractivity contribution in [2.45, 2.75) is 12.8 Å². The normalized spacial score (nSPS) is 10.5. The van der Waals surface area contributed by atoms with E-state index in [9.17, 15) is 0 Å². The first-order chi connectivity index (χ1) is 7.40. The summed E-state index contributed by atoms with van der Waals surface area (Å²) in [5.74, 6) is 0.881. The minimum atomic E-state index is 0.701. The molecule has 0 aliphatic heterocycles. The van der Waals surface area contributed by atoms with Crippen LogP contribution < -0.4 is 5.73 Å². The Bertz CT molecular complexity index is 409. The number of nitrogens with zero attached hydrogens (tertiary/aromatic N) is 1. The number of pyridine rings is 1. The van der Waals surface area contributed by atoms with Crippen LogP contribution in [0.3, 0.4) is 0 Å². The summed E-state index contributed by atoms with van der Waals surface area (Å²) < 4.78 is 5.33. The molecule has 0 amide bonds. The Balaban J connectivity index is 2.19. The maximum atomic E-state index is 5.46. The van der Waals surface area contributed by atoms with Gasteiger partial charge in [-0.3, -0.25) is 4.98 Å². The largest absolute Gasteiger partial charge is 0.464 e. The van der Waals surface area contributed by atoms with Gasteiger partial charge in [0.1, 0.15) is 5.76 Å². The van der Waals surface area contributed by atoms with Crippen LogP contribution in [0, 0.1) is 0 Å². The minimum Gasteiger partial charge on any atom is -0.464 e. The summed E-state index contributed by atoms with van der Waals surface area (Å²) in [6.45, 7) is 0.701. The van der Waals surface area contributed by atoms with Crippen molar-refractivity contribution in [1.82, 2.24) is 4.98 Å². The predicted molar refractivity (Wildman–Crippen MR) is 59.3 cm³/mol. The number of hydrogen-bond acceptors (Lipinski definition) is 3. The zero-order valence-corrected chi connectivity index (χ0v) is 8.52. The Kier molecular flexibility index (Phi) is 3.15. The molecule has 0 saturated heterocycles. The number of rotatable bonds is 4. The lowest BCUT2D eigenvalue weighted by Gasteiger charge is -2.01. The monoisotopic (exact) mass is 202 g/mol. The number of aryl methyl sites for hydroxylation is 1. The van der Waals surface area contributed by atoms with Gasteiger partial charge in [-0.15, -0.1) is 0 Å². The van der Waals surface area contributed by atoms with E-state index < -0.39 is 0 Å². The Morgan fingerprint density at radius 2 is 2.27 bits per heavy atom. The number of furan rings is 1. The molecule has 3 heteroatoms. The van der Waals surface area contributed by atoms with E-state index in [0.29, 0.717) is 6.54 Å². The van der Waals surface area contributed by atoms with Crippen LogP contribution in [-0.2, 0) is 6.42 Å². The second kappa shape index (κ2) is 4.75. The maximum Gasteiger partial charge on any atom is 0.133 e. The molecule has 0 aromatic carbocycles. The van der Waals surface area contributed by atoms with E-state index in [-0.39, 0.29) is 0 Å². The highest BCUT2D eigenvalue weighted by atomic mass is 16.3. The van der Waals surface area contributed by atoms with Crippen molar-refractivity contribution < 1.29 is 4.42 Å². The van der Waals surface area contributed by atoms with Crippen LogP contribution in [0.4, 0.5) is 0 Å². The number of hydrogen-bond donors (Lipinski definition) is 1. The number of aromatic nitrogens is 1. The van der Waals surface area contributed by atoms with Crippen LogP contribution >= 0.6 is 0 Å². The lowest BCUT2D eigenvalue weighted by atomic mass is 10.1. The lowest BCUT2D eigenvalue weighted by molar-refractivity contribution is 0.582. The van der Waals surface area contributed by atoms with Gasteiger partial charge < -0.3 is 10.2 Å². The van der Waals surface area contributed by atoms with Crippen molar-refractivity contribution in [2.24, 2.45) is 5.73 Å². The van der Waals surface area contributed by atoms with Gasteiger partial charge in [0.05, 0.1) is 6.26 Å². The van der Waals surface area contributed by atoms with Gasteiger partial charge >= 0.3 is 0 Å². The fourth-order valence-electron chi connectivity index (χ4n) is 1.49. The van der Waals surface area contributed by atoms with E-state index in [1.165, 1.54) is 0 Å². The third-order valence-corrected chi connectivity index (χ3v) is 2.26. The van der Waals surface area contributed by atoms with Gasteiger partial charge in [-0.2, -0.15) is 0 Å². The molecule has 3 nitrogen and oxygen atoms in total. The molecule has 0 aliphatic rings. The average Bonchev–Trinajstić information content (AvgIpc) is 2.80. The summed E-state index contributed by atoms with van der Waals surface area (Å²) >= 11 is 0. The van der Waals surface area contributed by atoms with Crippen LogP contribution in [0.1, 0.15) is 12.1 Å². The van der Waals surface area contributed by atoms with Gasteiger partial charge in [-0.25, -0.2) is 0 Å². The van der Waals surface area contributed by atoms with Crippen molar-refractivity contribution in [3.8, 4) is 11.3 Å². The highest BCUT2D eigenvalue weighted by Crippen LogP contribution is 2.19. The summed E-state index contributed by atoms with van der Waals surface area (Å²) in [5.41, 5.74) is 7.60. The van der Waals surface area contributed by atoms with Crippen LogP contribution in [0.15, 0.2) is 41.1 Å². The summed E-state index contributed by atoms with van der Waals surface area (Å²) in [6.07, 6.45) is 5.37. The van der Waals surface area contributed by atoms with Crippen LogP contribution in [0.2, 0.25) is 0 Å². The molecule has 2 heterocycles. The van der Waals surface area contributed by atoms with E-state index in [1.807, 2.05) is 24.4 Å². The minimum absolute atomic E-state index is 0.701. The molecule has 0 aliphatic carbocycles. The van der Waals surface area contributed by atoms with Gasteiger partial charge in [-0.1, -0.05) is 0 Å². The third-order valence-electron chi connectivity index (χ3n) is 2.26. The first kappa shape index (κ1) is 9.93. The zero-order valence-electron chi connectivity index (χ0n) is 8.52. The summed E-state index contributed by atoms with van der Waals surface area (Å²) in [4.78, 5) is 4.29. The molecular formula is C12H14N2O. The van der Waals surface area contributed by atoms with Crippen molar-refractivity contribution >= 4 is 0 Å². The molecule has 0 saturated carbocycles. The first-order valence-corrected chi connectivity index (χ1v) is 5.09. The van der Waals surface area contributed by atoms with Crippen molar-refractivity contribution in [1.29, 1.82) is 0 Å². The van der Waals surface area contributed by atoms with Crippen LogP contribution in [0.25, 0.3) is 11.3 Å². The van der Waals surface area contributed by atoms with E-state index in [4.69, 9.17) is 10.2 Å². The molecule has 78 valence electrons. The molecule has 2 rings (SSSR count). The van der Waals surface area contributed by atoms with Crippen LogP contribution in [0.5, 0.6) is 0 Å². The first-order valence-electron chi connectivity index (χ1n) is 5.09. The van der Waals surface area contributed by atoms with Gasteiger partial charge in [-0.05, 0) is 43.7 Å². The molecule has 0 unspecified atom stereocenters. The summed E-state index contributed by atoms with van der Waals surface area (Å²) in [7, 11) is 0. The Hall–Kier alpha value is -1.61. The molecular weight excluding hydrogens is 188 g/mol. The molecule has 0 fully saturated rings. The fourth-order valence-corrected chi connectivity index (χ4v) is 1.49. The average molecular weight is 202 g/mol. The fraction of sp³-hybridized carbons (Fsp3) is 0.250. The van der Waals surface area contributed by atoms with Crippen molar-refractivity contribution in [2.75, 3.05) is 6.54 Å². The van der Waals surface area contributed by atoms with Gasteiger partial charge in [0.15, 0.2) is 0 Å². The summed E-state index contributed by atoms with van der Waals surface area (Å²) in [5, 5.41) is 0. The molecule has 2 aromatic heterocycles. The Labute approximate surface area is 88.9 Å². The van der Waals surface area contributed by atoms with Gasteiger partial charge in [0, 0.05) is 17.5 Å². The Morgan fingerprint density at radius 3 is 3.00 bits per heavy atom. The lowest BCUT2D eigenvalue weighted by Crippen LogP contribution is -2.01. The van der Waals surface area contributed by atoms with Crippen molar-refractivity contribution in [3.63, 3.8) is 0 Å². The van der Waals surface area contributed by atoms with E-state index in [0.717, 1.165) is 29.9 Å². The molecule has 2 N–H and O–H groups in total. The van der Waals surface area contributed by atoms with E-state index >= 15 is 0 Å². The van der Waals surface area contributed by atoms with Gasteiger partial charge in [0.25, 0.3) is 0 Å². The number of nitrogens with two attached hydrogens (primary N) is 1. The predicted octanol–water partition coefficient (Wildman–Crippen LogP) is 2.23. The topological polar surface area (TPSA) is 52.0 Å². The second-order valence-electron chi connectivity index (χ2n) is 3.41.